The molecule has 0 heterocycles. The number of guanidine groups is 1. The summed E-state index contributed by atoms with van der Waals surface area (Å²) >= 11 is 0. The van der Waals surface area contributed by atoms with E-state index in [1.807, 2.05) is 18.2 Å². The molecule has 1 rings (SSSR count). The molecule has 0 amide bonds. The zero-order chi connectivity index (χ0) is 18.5. The lowest BCUT2D eigenvalue weighted by Crippen LogP contribution is -2.39. The molecule has 1 aromatic rings. The van der Waals surface area contributed by atoms with Crippen molar-refractivity contribution in [3.63, 3.8) is 0 Å². The maximum atomic E-state index is 9.22. The molecular weight excluding hydrogens is 314 g/mol. The van der Waals surface area contributed by atoms with Gasteiger partial charge in [-0.3, -0.25) is 4.99 Å². The molecule has 1 unspecified atom stereocenters. The summed E-state index contributed by atoms with van der Waals surface area (Å²) in [5.41, 5.74) is 1.19. The van der Waals surface area contributed by atoms with Crippen LogP contribution in [0.1, 0.15) is 39.2 Å². The standard InChI is InChI=1S/C20H35N3O2/c1-5-21-20(23-15-18(9-11-24)13-16(2)3)22-10-12-25-19-8-6-7-17(4)14-19/h6-8,14,16,18,24H,5,9-13,15H2,1-4H3,(H2,21,22,23). The van der Waals surface area contributed by atoms with E-state index < -0.39 is 0 Å². The van der Waals surface area contributed by atoms with Crippen molar-refractivity contribution in [1.29, 1.82) is 0 Å². The van der Waals surface area contributed by atoms with Crippen molar-refractivity contribution in [2.75, 3.05) is 32.8 Å². The smallest absolute Gasteiger partial charge is 0.191 e. The topological polar surface area (TPSA) is 65.9 Å². The molecule has 1 atom stereocenters. The van der Waals surface area contributed by atoms with Gasteiger partial charge in [0, 0.05) is 19.7 Å². The first kappa shape index (κ1) is 21.3. The second-order valence-electron chi connectivity index (χ2n) is 6.82. The van der Waals surface area contributed by atoms with Gasteiger partial charge in [0.1, 0.15) is 12.4 Å². The van der Waals surface area contributed by atoms with E-state index in [0.717, 1.165) is 37.6 Å². The fraction of sp³-hybridized carbons (Fsp3) is 0.650. The highest BCUT2D eigenvalue weighted by atomic mass is 16.5. The Morgan fingerprint density at radius 2 is 2.08 bits per heavy atom. The Morgan fingerprint density at radius 3 is 2.72 bits per heavy atom. The fourth-order valence-electron chi connectivity index (χ4n) is 2.74. The van der Waals surface area contributed by atoms with Gasteiger partial charge < -0.3 is 20.5 Å². The predicted octanol–water partition coefficient (Wildman–Crippen LogP) is 2.97. The molecule has 0 saturated heterocycles. The van der Waals surface area contributed by atoms with Gasteiger partial charge >= 0.3 is 0 Å². The van der Waals surface area contributed by atoms with Crippen molar-refractivity contribution >= 4 is 5.96 Å². The van der Waals surface area contributed by atoms with Crippen LogP contribution in [0.5, 0.6) is 5.75 Å². The summed E-state index contributed by atoms with van der Waals surface area (Å²) in [5.74, 6) is 2.74. The highest BCUT2D eigenvalue weighted by molar-refractivity contribution is 5.79. The Bertz CT molecular complexity index is 503. The number of rotatable bonds is 11. The maximum absolute atomic E-state index is 9.22. The van der Waals surface area contributed by atoms with Gasteiger partial charge in [-0.05, 0) is 56.2 Å². The van der Waals surface area contributed by atoms with Crippen LogP contribution in [0.4, 0.5) is 0 Å². The van der Waals surface area contributed by atoms with Crippen LogP contribution in [0.15, 0.2) is 29.3 Å². The molecule has 0 aromatic heterocycles. The molecule has 5 heteroatoms. The van der Waals surface area contributed by atoms with Gasteiger partial charge in [-0.15, -0.1) is 0 Å². The summed E-state index contributed by atoms with van der Waals surface area (Å²) in [7, 11) is 0. The number of aliphatic hydroxyl groups is 1. The van der Waals surface area contributed by atoms with Crippen LogP contribution in [0.3, 0.4) is 0 Å². The Kier molecular flexibility index (Phi) is 10.7. The number of nitrogens with one attached hydrogen (secondary N) is 2. The SMILES string of the molecule is CCNC(=NCC(CCO)CC(C)C)NCCOc1cccc(C)c1. The fourth-order valence-corrected chi connectivity index (χ4v) is 2.74. The normalized spacial score (nSPS) is 13.0. The quantitative estimate of drug-likeness (QED) is 0.326. The molecule has 3 N–H and O–H groups in total. The summed E-state index contributed by atoms with van der Waals surface area (Å²) in [6.07, 6.45) is 1.89. The van der Waals surface area contributed by atoms with E-state index in [-0.39, 0.29) is 6.61 Å². The van der Waals surface area contributed by atoms with Gasteiger partial charge in [0.2, 0.25) is 0 Å². The lowest BCUT2D eigenvalue weighted by molar-refractivity contribution is 0.245. The van der Waals surface area contributed by atoms with Gasteiger partial charge in [-0.25, -0.2) is 0 Å². The Labute approximate surface area is 152 Å². The number of benzene rings is 1. The predicted molar refractivity (Wildman–Crippen MR) is 105 cm³/mol. The summed E-state index contributed by atoms with van der Waals surface area (Å²) in [4.78, 5) is 4.67. The van der Waals surface area contributed by atoms with Crippen molar-refractivity contribution in [2.24, 2.45) is 16.8 Å². The molecule has 0 aliphatic heterocycles. The number of nitrogens with zero attached hydrogens (tertiary/aromatic N) is 1. The highest BCUT2D eigenvalue weighted by Gasteiger charge is 2.10. The molecular formula is C20H35N3O2. The van der Waals surface area contributed by atoms with Crippen LogP contribution < -0.4 is 15.4 Å². The third-order valence-corrected chi connectivity index (χ3v) is 3.85. The average molecular weight is 350 g/mol. The number of aryl methyl sites for hydroxylation is 1. The lowest BCUT2D eigenvalue weighted by Gasteiger charge is -2.17. The summed E-state index contributed by atoms with van der Waals surface area (Å²) in [5, 5.41) is 15.8. The van der Waals surface area contributed by atoms with Crippen LogP contribution in [-0.4, -0.2) is 43.9 Å². The van der Waals surface area contributed by atoms with Gasteiger partial charge in [0.15, 0.2) is 5.96 Å². The molecule has 5 nitrogen and oxygen atoms in total. The monoisotopic (exact) mass is 349 g/mol. The Balaban J connectivity index is 2.43. The van der Waals surface area contributed by atoms with Crippen LogP contribution in [0, 0.1) is 18.8 Å². The van der Waals surface area contributed by atoms with Crippen molar-refractivity contribution in [2.45, 2.75) is 40.5 Å². The van der Waals surface area contributed by atoms with Crippen molar-refractivity contribution < 1.29 is 9.84 Å². The molecule has 0 saturated carbocycles. The maximum Gasteiger partial charge on any atom is 0.191 e. The molecule has 0 bridgehead atoms. The van der Waals surface area contributed by atoms with Gasteiger partial charge in [-0.1, -0.05) is 26.0 Å². The first-order valence-electron chi connectivity index (χ1n) is 9.37. The number of ether oxygens (including phenoxy) is 1. The first-order valence-corrected chi connectivity index (χ1v) is 9.37. The van der Waals surface area contributed by atoms with Gasteiger partial charge in [0.05, 0.1) is 6.54 Å². The summed E-state index contributed by atoms with van der Waals surface area (Å²) in [6, 6.07) is 8.06. The molecule has 142 valence electrons. The van der Waals surface area contributed by atoms with Crippen LogP contribution in [0.25, 0.3) is 0 Å². The van der Waals surface area contributed by atoms with E-state index in [4.69, 9.17) is 4.74 Å². The van der Waals surface area contributed by atoms with E-state index >= 15 is 0 Å². The molecule has 0 aliphatic carbocycles. The minimum absolute atomic E-state index is 0.223. The van der Waals surface area contributed by atoms with Crippen molar-refractivity contribution in [1.82, 2.24) is 10.6 Å². The molecule has 0 fully saturated rings. The van der Waals surface area contributed by atoms with Crippen molar-refractivity contribution in [3.8, 4) is 5.75 Å². The Hall–Kier alpha value is -1.75. The minimum atomic E-state index is 0.223. The molecule has 0 radical (unpaired) electrons. The highest BCUT2D eigenvalue weighted by Crippen LogP contribution is 2.15. The third kappa shape index (κ3) is 9.97. The summed E-state index contributed by atoms with van der Waals surface area (Å²) in [6.45, 7) is 11.6. The minimum Gasteiger partial charge on any atom is -0.492 e. The average Bonchev–Trinajstić information content (AvgIpc) is 2.56. The molecule has 0 aliphatic rings. The number of hydrogen-bond donors (Lipinski definition) is 3. The van der Waals surface area contributed by atoms with Gasteiger partial charge in [-0.2, -0.15) is 0 Å². The zero-order valence-corrected chi connectivity index (χ0v) is 16.2. The second kappa shape index (κ2) is 12.6. The molecule has 0 spiro atoms. The number of aliphatic imine (C=N–C) groups is 1. The third-order valence-electron chi connectivity index (χ3n) is 3.85. The first-order chi connectivity index (χ1) is 12.0. The van der Waals surface area contributed by atoms with E-state index in [1.54, 1.807) is 0 Å². The largest absolute Gasteiger partial charge is 0.492 e. The van der Waals surface area contributed by atoms with Gasteiger partial charge in [0.25, 0.3) is 0 Å². The zero-order valence-electron chi connectivity index (χ0n) is 16.2. The van der Waals surface area contributed by atoms with Crippen LogP contribution in [0.2, 0.25) is 0 Å². The van der Waals surface area contributed by atoms with Crippen LogP contribution >= 0.6 is 0 Å². The van der Waals surface area contributed by atoms with E-state index in [9.17, 15) is 5.11 Å². The van der Waals surface area contributed by atoms with Crippen molar-refractivity contribution in [3.05, 3.63) is 29.8 Å². The molecule has 1 aromatic carbocycles. The number of hydrogen-bond acceptors (Lipinski definition) is 3. The summed E-state index contributed by atoms with van der Waals surface area (Å²) < 4.78 is 5.75. The van der Waals surface area contributed by atoms with E-state index in [0.29, 0.717) is 25.0 Å². The Morgan fingerprint density at radius 1 is 1.28 bits per heavy atom. The second-order valence-corrected chi connectivity index (χ2v) is 6.82. The van der Waals surface area contributed by atoms with E-state index in [1.165, 1.54) is 5.56 Å². The number of aliphatic hydroxyl groups excluding tert-OH is 1. The van der Waals surface area contributed by atoms with Crippen LogP contribution in [-0.2, 0) is 0 Å². The molecule has 25 heavy (non-hydrogen) atoms. The van der Waals surface area contributed by atoms with E-state index in [2.05, 4.69) is 49.4 Å². The lowest BCUT2D eigenvalue weighted by atomic mass is 9.94.